The van der Waals surface area contributed by atoms with Crippen LogP contribution in [0.2, 0.25) is 0 Å². The Hall–Kier alpha value is -1.48. The number of H-pyrrole nitrogens is 1. The number of hydrogen-bond acceptors (Lipinski definition) is 2. The zero-order chi connectivity index (χ0) is 8.93. The van der Waals surface area contributed by atoms with E-state index in [9.17, 15) is 0 Å². The molecule has 0 saturated carbocycles. The number of imidazole rings is 1. The predicted octanol–water partition coefficient (Wildman–Crippen LogP) is 2.41. The van der Waals surface area contributed by atoms with E-state index in [0.29, 0.717) is 6.61 Å². The normalized spacial score (nSPS) is 9.14. The van der Waals surface area contributed by atoms with E-state index in [1.165, 1.54) is 0 Å². The Morgan fingerprint density at radius 2 is 2.00 bits per heavy atom. The maximum atomic E-state index is 5.46. The van der Waals surface area contributed by atoms with Crippen molar-refractivity contribution >= 4 is 12.4 Å². The monoisotopic (exact) mass is 210 g/mol. The van der Waals surface area contributed by atoms with Crippen LogP contribution in [0.3, 0.4) is 0 Å². The maximum Gasteiger partial charge on any atom is 0.146 e. The molecular formula is C10H11ClN2O. The average Bonchev–Trinajstić information content (AvgIpc) is 2.69. The molecule has 1 aromatic carbocycles. The van der Waals surface area contributed by atoms with Gasteiger partial charge in [0, 0.05) is 12.4 Å². The number of hydrogen-bond donors (Lipinski definition) is 1. The summed E-state index contributed by atoms with van der Waals surface area (Å²) in [6.07, 6.45) is 3.49. The second kappa shape index (κ2) is 5.29. The first kappa shape index (κ1) is 10.6. The highest BCUT2D eigenvalue weighted by Crippen LogP contribution is 2.09. The third-order valence-electron chi connectivity index (χ3n) is 1.67. The highest BCUT2D eigenvalue weighted by molar-refractivity contribution is 5.85. The van der Waals surface area contributed by atoms with Crippen LogP contribution in [0.25, 0.3) is 0 Å². The largest absolute Gasteiger partial charge is 0.486 e. The Kier molecular flexibility index (Phi) is 4.01. The minimum atomic E-state index is 0. The van der Waals surface area contributed by atoms with Crippen LogP contribution in [0, 0.1) is 0 Å². The van der Waals surface area contributed by atoms with Gasteiger partial charge < -0.3 is 9.72 Å². The van der Waals surface area contributed by atoms with Gasteiger partial charge in [0.25, 0.3) is 0 Å². The Labute approximate surface area is 88.5 Å². The summed E-state index contributed by atoms with van der Waals surface area (Å²) in [7, 11) is 0. The van der Waals surface area contributed by atoms with E-state index in [1.807, 2.05) is 30.3 Å². The molecule has 0 bridgehead atoms. The number of para-hydroxylation sites is 1. The molecular weight excluding hydrogens is 200 g/mol. The van der Waals surface area contributed by atoms with Crippen LogP contribution in [0.5, 0.6) is 5.75 Å². The number of halogens is 1. The predicted molar refractivity (Wildman–Crippen MR) is 56.6 cm³/mol. The van der Waals surface area contributed by atoms with Crippen molar-refractivity contribution in [2.24, 2.45) is 0 Å². The first-order valence-corrected chi connectivity index (χ1v) is 4.11. The van der Waals surface area contributed by atoms with Gasteiger partial charge in [0.2, 0.25) is 0 Å². The molecule has 0 spiro atoms. The van der Waals surface area contributed by atoms with E-state index in [1.54, 1.807) is 12.4 Å². The molecule has 0 aliphatic heterocycles. The van der Waals surface area contributed by atoms with Gasteiger partial charge in [-0.25, -0.2) is 4.98 Å². The van der Waals surface area contributed by atoms with Crippen molar-refractivity contribution in [3.05, 3.63) is 48.5 Å². The maximum absolute atomic E-state index is 5.46. The molecule has 2 rings (SSSR count). The van der Waals surface area contributed by atoms with Crippen molar-refractivity contribution in [2.75, 3.05) is 0 Å². The number of aromatic nitrogens is 2. The molecule has 1 N–H and O–H groups in total. The second-order valence-electron chi connectivity index (χ2n) is 2.64. The Bertz CT molecular complexity index is 348. The SMILES string of the molecule is Cl.c1ccc(OCc2ncc[nH]2)cc1. The van der Waals surface area contributed by atoms with Gasteiger partial charge in [0.15, 0.2) is 0 Å². The lowest BCUT2D eigenvalue weighted by atomic mass is 10.3. The summed E-state index contributed by atoms with van der Waals surface area (Å²) in [5.41, 5.74) is 0. The lowest BCUT2D eigenvalue weighted by molar-refractivity contribution is 0.297. The quantitative estimate of drug-likeness (QED) is 0.845. The molecule has 1 heterocycles. The van der Waals surface area contributed by atoms with Crippen LogP contribution >= 0.6 is 12.4 Å². The lowest BCUT2D eigenvalue weighted by Gasteiger charge is -2.02. The number of rotatable bonds is 3. The first-order valence-electron chi connectivity index (χ1n) is 4.11. The molecule has 0 atom stereocenters. The van der Waals surface area contributed by atoms with E-state index in [4.69, 9.17) is 4.74 Å². The minimum Gasteiger partial charge on any atom is -0.486 e. The Morgan fingerprint density at radius 1 is 1.21 bits per heavy atom. The molecule has 4 heteroatoms. The summed E-state index contributed by atoms with van der Waals surface area (Å²) in [6, 6.07) is 9.68. The highest BCUT2D eigenvalue weighted by Gasteiger charge is 1.95. The van der Waals surface area contributed by atoms with Crippen LogP contribution in [0.1, 0.15) is 5.82 Å². The number of ether oxygens (including phenoxy) is 1. The van der Waals surface area contributed by atoms with Crippen LogP contribution in [-0.2, 0) is 6.61 Å². The van der Waals surface area contributed by atoms with Crippen molar-refractivity contribution in [2.45, 2.75) is 6.61 Å². The Morgan fingerprint density at radius 3 is 2.64 bits per heavy atom. The summed E-state index contributed by atoms with van der Waals surface area (Å²) >= 11 is 0. The van der Waals surface area contributed by atoms with Gasteiger partial charge in [-0.3, -0.25) is 0 Å². The van der Waals surface area contributed by atoms with Crippen molar-refractivity contribution < 1.29 is 4.74 Å². The molecule has 14 heavy (non-hydrogen) atoms. The molecule has 74 valence electrons. The average molecular weight is 211 g/mol. The van der Waals surface area contributed by atoms with Gasteiger partial charge in [-0.15, -0.1) is 12.4 Å². The molecule has 3 nitrogen and oxygen atoms in total. The molecule has 0 radical (unpaired) electrons. The van der Waals surface area contributed by atoms with Crippen molar-refractivity contribution in [3.63, 3.8) is 0 Å². The van der Waals surface area contributed by atoms with E-state index in [2.05, 4.69) is 9.97 Å². The second-order valence-corrected chi connectivity index (χ2v) is 2.64. The third-order valence-corrected chi connectivity index (χ3v) is 1.67. The molecule has 0 amide bonds. The highest BCUT2D eigenvalue weighted by atomic mass is 35.5. The molecule has 0 fully saturated rings. The summed E-state index contributed by atoms with van der Waals surface area (Å²) < 4.78 is 5.46. The number of nitrogens with one attached hydrogen (secondary N) is 1. The molecule has 0 saturated heterocycles. The van der Waals surface area contributed by atoms with Gasteiger partial charge >= 0.3 is 0 Å². The topological polar surface area (TPSA) is 37.9 Å². The van der Waals surface area contributed by atoms with E-state index >= 15 is 0 Å². The zero-order valence-corrected chi connectivity index (χ0v) is 8.33. The molecule has 1 aromatic heterocycles. The standard InChI is InChI=1S/C10H10N2O.ClH/c1-2-4-9(5-3-1)13-8-10-11-6-7-12-10;/h1-7H,8H2,(H,11,12);1H. The molecule has 0 aliphatic rings. The van der Waals surface area contributed by atoms with Gasteiger partial charge in [-0.2, -0.15) is 0 Å². The number of benzene rings is 1. The van der Waals surface area contributed by atoms with Gasteiger partial charge in [-0.1, -0.05) is 18.2 Å². The van der Waals surface area contributed by atoms with Gasteiger partial charge in [0.1, 0.15) is 18.2 Å². The van der Waals surface area contributed by atoms with Crippen molar-refractivity contribution in [1.82, 2.24) is 9.97 Å². The third kappa shape index (κ3) is 2.78. The Balaban J connectivity index is 0.000000980. The van der Waals surface area contributed by atoms with Crippen molar-refractivity contribution in [1.29, 1.82) is 0 Å². The first-order chi connectivity index (χ1) is 6.45. The molecule has 2 aromatic rings. The van der Waals surface area contributed by atoms with Gasteiger partial charge in [0.05, 0.1) is 0 Å². The summed E-state index contributed by atoms with van der Waals surface area (Å²) in [6.45, 7) is 0.483. The fourth-order valence-electron chi connectivity index (χ4n) is 1.05. The van der Waals surface area contributed by atoms with Crippen molar-refractivity contribution in [3.8, 4) is 5.75 Å². The fraction of sp³-hybridized carbons (Fsp3) is 0.100. The van der Waals surface area contributed by atoms with E-state index in [0.717, 1.165) is 11.6 Å². The fourth-order valence-corrected chi connectivity index (χ4v) is 1.05. The van der Waals surface area contributed by atoms with E-state index < -0.39 is 0 Å². The number of aromatic amines is 1. The van der Waals surface area contributed by atoms with Crippen LogP contribution in [-0.4, -0.2) is 9.97 Å². The van der Waals surface area contributed by atoms with Gasteiger partial charge in [-0.05, 0) is 12.1 Å². The lowest BCUT2D eigenvalue weighted by Crippen LogP contribution is -1.96. The summed E-state index contributed by atoms with van der Waals surface area (Å²) in [4.78, 5) is 7.02. The summed E-state index contributed by atoms with van der Waals surface area (Å²) in [5, 5.41) is 0. The van der Waals surface area contributed by atoms with E-state index in [-0.39, 0.29) is 12.4 Å². The minimum absolute atomic E-state index is 0. The molecule has 0 unspecified atom stereocenters. The number of nitrogens with zero attached hydrogens (tertiary/aromatic N) is 1. The van der Waals surface area contributed by atoms with Crippen LogP contribution in [0.15, 0.2) is 42.7 Å². The molecule has 0 aliphatic carbocycles. The zero-order valence-electron chi connectivity index (χ0n) is 7.51. The van der Waals surface area contributed by atoms with Crippen LogP contribution < -0.4 is 4.74 Å². The summed E-state index contributed by atoms with van der Waals surface area (Å²) in [5.74, 6) is 1.70. The van der Waals surface area contributed by atoms with Crippen LogP contribution in [0.4, 0.5) is 0 Å². The smallest absolute Gasteiger partial charge is 0.146 e.